The summed E-state index contributed by atoms with van der Waals surface area (Å²) in [6.45, 7) is 2.88. The predicted molar refractivity (Wildman–Crippen MR) is 36.7 cm³/mol. The Morgan fingerprint density at radius 1 is 1.71 bits per heavy atom. The summed E-state index contributed by atoms with van der Waals surface area (Å²) in [5.74, 6) is 0. The van der Waals surface area contributed by atoms with Gasteiger partial charge in [-0.05, 0) is 19.4 Å². The average molecular weight is 119 g/mol. The van der Waals surface area contributed by atoms with Gasteiger partial charge in [0, 0.05) is 5.25 Å². The third kappa shape index (κ3) is 4.16. The van der Waals surface area contributed by atoms with Crippen molar-refractivity contribution >= 4 is 12.6 Å². The topological polar surface area (TPSA) is 26.0 Å². The molecule has 0 aliphatic carbocycles. The highest BCUT2D eigenvalue weighted by Gasteiger charge is 1.93. The van der Waals surface area contributed by atoms with Gasteiger partial charge in [0.25, 0.3) is 0 Å². The molecule has 44 valence electrons. The van der Waals surface area contributed by atoms with E-state index in [2.05, 4.69) is 19.6 Å². The van der Waals surface area contributed by atoms with Gasteiger partial charge in [0.15, 0.2) is 0 Å². The van der Waals surface area contributed by atoms with Crippen molar-refractivity contribution in [2.45, 2.75) is 25.0 Å². The fourth-order valence-electron chi connectivity index (χ4n) is 0.397. The zero-order chi connectivity index (χ0) is 5.70. The van der Waals surface area contributed by atoms with Gasteiger partial charge in [0.2, 0.25) is 0 Å². The van der Waals surface area contributed by atoms with E-state index in [1.165, 1.54) is 0 Å². The fourth-order valence-corrected chi connectivity index (χ4v) is 0.546. The van der Waals surface area contributed by atoms with E-state index in [1.54, 1.807) is 0 Å². The zero-order valence-electron chi connectivity index (χ0n) is 4.72. The van der Waals surface area contributed by atoms with Gasteiger partial charge in [-0.3, -0.25) is 0 Å². The summed E-state index contributed by atoms with van der Waals surface area (Å²) >= 11 is 4.23. The highest BCUT2D eigenvalue weighted by atomic mass is 32.1. The van der Waals surface area contributed by atoms with Crippen LogP contribution in [0.4, 0.5) is 0 Å². The maximum absolute atomic E-state index is 5.26. The molecule has 0 amide bonds. The van der Waals surface area contributed by atoms with E-state index < -0.39 is 0 Å². The Labute approximate surface area is 50.7 Å². The van der Waals surface area contributed by atoms with Gasteiger partial charge in [-0.25, -0.2) is 0 Å². The molecule has 0 aromatic rings. The lowest BCUT2D eigenvalue weighted by Gasteiger charge is -2.01. The van der Waals surface area contributed by atoms with Gasteiger partial charge in [-0.1, -0.05) is 6.92 Å². The first-order chi connectivity index (χ1) is 3.31. The summed E-state index contributed by atoms with van der Waals surface area (Å²) in [7, 11) is 0. The lowest BCUT2D eigenvalue weighted by atomic mass is 10.2. The molecule has 0 aliphatic heterocycles. The molecule has 0 rings (SSSR count). The van der Waals surface area contributed by atoms with Crippen LogP contribution < -0.4 is 5.73 Å². The molecule has 0 aromatic heterocycles. The number of hydrogen-bond donors (Lipinski definition) is 2. The van der Waals surface area contributed by atoms with Crippen LogP contribution in [0.1, 0.15) is 19.8 Å². The maximum Gasteiger partial charge on any atom is 0.00261 e. The van der Waals surface area contributed by atoms with Gasteiger partial charge in [-0.15, -0.1) is 0 Å². The molecule has 0 aliphatic rings. The first kappa shape index (κ1) is 7.31. The van der Waals surface area contributed by atoms with Crippen molar-refractivity contribution in [1.82, 2.24) is 0 Å². The summed E-state index contributed by atoms with van der Waals surface area (Å²) < 4.78 is 0. The van der Waals surface area contributed by atoms with E-state index in [9.17, 15) is 0 Å². The van der Waals surface area contributed by atoms with E-state index in [0.717, 1.165) is 19.4 Å². The second kappa shape index (κ2) is 4.47. The van der Waals surface area contributed by atoms with Crippen molar-refractivity contribution in [2.75, 3.05) is 6.54 Å². The number of nitrogens with two attached hydrogens (primary N) is 1. The van der Waals surface area contributed by atoms with Crippen molar-refractivity contribution in [3.05, 3.63) is 0 Å². The molecule has 1 atom stereocenters. The van der Waals surface area contributed by atoms with Gasteiger partial charge < -0.3 is 5.73 Å². The van der Waals surface area contributed by atoms with Crippen LogP contribution in [0, 0.1) is 0 Å². The Balaban J connectivity index is 2.83. The van der Waals surface area contributed by atoms with Crippen LogP contribution in [0.5, 0.6) is 0 Å². The van der Waals surface area contributed by atoms with Crippen LogP contribution in [0.25, 0.3) is 0 Å². The summed E-state index contributed by atoms with van der Waals surface area (Å²) in [6.07, 6.45) is 2.17. The van der Waals surface area contributed by atoms with Crippen LogP contribution in [-0.4, -0.2) is 11.8 Å². The van der Waals surface area contributed by atoms with E-state index in [1.807, 2.05) is 0 Å². The number of thiol groups is 1. The third-order valence-electron chi connectivity index (χ3n) is 0.971. The number of hydrogen-bond acceptors (Lipinski definition) is 2. The molecule has 0 saturated carbocycles. The van der Waals surface area contributed by atoms with E-state index in [-0.39, 0.29) is 0 Å². The Morgan fingerprint density at radius 2 is 2.29 bits per heavy atom. The second-order valence-electron chi connectivity index (χ2n) is 1.64. The molecule has 0 spiro atoms. The van der Waals surface area contributed by atoms with Crippen molar-refractivity contribution in [3.8, 4) is 0 Å². The lowest BCUT2D eigenvalue weighted by Crippen LogP contribution is -2.06. The van der Waals surface area contributed by atoms with Crippen molar-refractivity contribution in [1.29, 1.82) is 0 Å². The molecule has 0 fully saturated rings. The molecule has 2 N–H and O–H groups in total. The van der Waals surface area contributed by atoms with Crippen LogP contribution in [0.2, 0.25) is 0 Å². The molecule has 0 unspecified atom stereocenters. The summed E-state index contributed by atoms with van der Waals surface area (Å²) in [4.78, 5) is 0. The van der Waals surface area contributed by atoms with E-state index in [0.29, 0.717) is 5.25 Å². The van der Waals surface area contributed by atoms with Gasteiger partial charge >= 0.3 is 0 Å². The Hall–Kier alpha value is 0.310. The maximum atomic E-state index is 5.26. The molecule has 0 radical (unpaired) electrons. The highest BCUT2D eigenvalue weighted by molar-refractivity contribution is 7.80. The van der Waals surface area contributed by atoms with Crippen LogP contribution in [-0.2, 0) is 0 Å². The van der Waals surface area contributed by atoms with Gasteiger partial charge in [-0.2, -0.15) is 12.6 Å². The monoisotopic (exact) mass is 119 g/mol. The molecular formula is C5H13NS. The smallest absolute Gasteiger partial charge is 0.00261 e. The largest absolute Gasteiger partial charge is 0.330 e. The van der Waals surface area contributed by atoms with Crippen LogP contribution in [0.3, 0.4) is 0 Å². The standard InChI is InChI=1S/C5H13NS/c1-2-5(7)3-4-6/h5,7H,2-4,6H2,1H3/t5-/m0/s1. The normalized spacial score (nSPS) is 14.1. The van der Waals surface area contributed by atoms with Crippen molar-refractivity contribution < 1.29 is 0 Å². The first-order valence-corrected chi connectivity index (χ1v) is 3.21. The molecular weight excluding hydrogens is 106 g/mol. The van der Waals surface area contributed by atoms with Crippen molar-refractivity contribution in [2.24, 2.45) is 5.73 Å². The van der Waals surface area contributed by atoms with Crippen LogP contribution >= 0.6 is 12.6 Å². The Morgan fingerprint density at radius 3 is 2.43 bits per heavy atom. The minimum atomic E-state index is 0.519. The lowest BCUT2D eigenvalue weighted by molar-refractivity contribution is 0.750. The fraction of sp³-hybridized carbons (Fsp3) is 1.00. The molecule has 2 heteroatoms. The third-order valence-corrected chi connectivity index (χ3v) is 1.59. The van der Waals surface area contributed by atoms with E-state index in [4.69, 9.17) is 5.73 Å². The molecule has 0 bridgehead atoms. The molecule has 0 aromatic carbocycles. The summed E-state index contributed by atoms with van der Waals surface area (Å²) in [5, 5.41) is 0.519. The molecule has 0 heterocycles. The SMILES string of the molecule is CC[C@H](S)CCN. The Kier molecular flexibility index (Phi) is 4.67. The second-order valence-corrected chi connectivity index (χ2v) is 2.37. The quantitative estimate of drug-likeness (QED) is 0.533. The molecule has 0 saturated heterocycles. The minimum absolute atomic E-state index is 0.519. The zero-order valence-corrected chi connectivity index (χ0v) is 5.62. The summed E-state index contributed by atoms with van der Waals surface area (Å²) in [5.41, 5.74) is 5.26. The highest BCUT2D eigenvalue weighted by Crippen LogP contribution is 2.02. The Bertz CT molecular complexity index is 39.1. The average Bonchev–Trinajstić information content (AvgIpc) is 1.68. The molecule has 1 nitrogen and oxygen atoms in total. The van der Waals surface area contributed by atoms with E-state index >= 15 is 0 Å². The van der Waals surface area contributed by atoms with Gasteiger partial charge in [0.1, 0.15) is 0 Å². The predicted octanol–water partition coefficient (Wildman–Crippen LogP) is 1.04. The van der Waals surface area contributed by atoms with Crippen LogP contribution in [0.15, 0.2) is 0 Å². The molecule has 7 heavy (non-hydrogen) atoms. The summed E-state index contributed by atoms with van der Waals surface area (Å²) in [6, 6.07) is 0. The van der Waals surface area contributed by atoms with Gasteiger partial charge in [0.05, 0.1) is 0 Å². The minimum Gasteiger partial charge on any atom is -0.330 e. The first-order valence-electron chi connectivity index (χ1n) is 2.69. The number of rotatable bonds is 3. The van der Waals surface area contributed by atoms with Crippen molar-refractivity contribution in [3.63, 3.8) is 0 Å².